The van der Waals surface area contributed by atoms with Crippen molar-refractivity contribution in [1.29, 1.82) is 0 Å². The van der Waals surface area contributed by atoms with E-state index in [1.165, 1.54) is 6.34 Å². The molecular formula is C6H8N2. The normalized spacial score (nSPS) is 10.5. The number of aliphatic imine (C=N–C) groups is 2. The molecule has 0 atom stereocenters. The Balaban J connectivity index is 3.24. The molecule has 8 heavy (non-hydrogen) atoms. The summed E-state index contributed by atoms with van der Waals surface area (Å²) in [5.41, 5.74) is 0. The maximum Gasteiger partial charge on any atom is 0.110 e. The Bertz CT molecular complexity index is 128. The number of hydrogen-bond donors (Lipinski definition) is 0. The van der Waals surface area contributed by atoms with Crippen LogP contribution in [0.3, 0.4) is 0 Å². The van der Waals surface area contributed by atoms with Gasteiger partial charge in [0.05, 0.1) is 0 Å². The number of terminal acetylenes is 1. The summed E-state index contributed by atoms with van der Waals surface area (Å²) < 4.78 is 0. The predicted molar refractivity (Wildman–Crippen MR) is 36.4 cm³/mol. The smallest absolute Gasteiger partial charge is 0.110 e. The first-order chi connectivity index (χ1) is 3.91. The largest absolute Gasteiger partial charge is 0.261 e. The molecule has 0 bridgehead atoms. The Morgan fingerprint density at radius 3 is 3.00 bits per heavy atom. The van der Waals surface area contributed by atoms with E-state index in [0.717, 1.165) is 0 Å². The van der Waals surface area contributed by atoms with Crippen LogP contribution in [0.4, 0.5) is 0 Å². The Labute approximate surface area is 49.4 Å². The molecule has 0 aromatic carbocycles. The third kappa shape index (κ3) is 4.90. The highest BCUT2D eigenvalue weighted by Crippen LogP contribution is 1.62. The third-order valence-electron chi connectivity index (χ3n) is 0.480. The lowest BCUT2D eigenvalue weighted by atomic mass is 10.7. The SMILES string of the molecule is C#CC/N=C\N=C/C. The van der Waals surface area contributed by atoms with Crippen molar-refractivity contribution in [1.82, 2.24) is 0 Å². The van der Waals surface area contributed by atoms with Crippen LogP contribution in [-0.4, -0.2) is 19.1 Å². The van der Waals surface area contributed by atoms with Crippen LogP contribution in [0.5, 0.6) is 0 Å². The fraction of sp³-hybridized carbons (Fsp3) is 0.333. The van der Waals surface area contributed by atoms with Crippen LogP contribution in [0.25, 0.3) is 0 Å². The van der Waals surface area contributed by atoms with Crippen molar-refractivity contribution in [3.8, 4) is 12.3 Å². The van der Waals surface area contributed by atoms with Gasteiger partial charge in [-0.15, -0.1) is 6.42 Å². The zero-order valence-electron chi connectivity index (χ0n) is 4.83. The van der Waals surface area contributed by atoms with E-state index in [9.17, 15) is 0 Å². The summed E-state index contributed by atoms with van der Waals surface area (Å²) >= 11 is 0. The molecule has 0 aliphatic heterocycles. The van der Waals surface area contributed by atoms with Crippen LogP contribution >= 0.6 is 0 Å². The van der Waals surface area contributed by atoms with Crippen molar-refractivity contribution in [2.24, 2.45) is 9.98 Å². The molecule has 0 fully saturated rings. The van der Waals surface area contributed by atoms with Gasteiger partial charge in [0.25, 0.3) is 0 Å². The lowest BCUT2D eigenvalue weighted by molar-refractivity contribution is 1.29. The van der Waals surface area contributed by atoms with Crippen LogP contribution in [0.15, 0.2) is 9.98 Å². The summed E-state index contributed by atoms with van der Waals surface area (Å²) in [5, 5.41) is 0. The average Bonchev–Trinajstić information content (AvgIpc) is 1.81. The standard InChI is InChI=1S/C6H8N2/c1-3-5-8-6-7-4-2/h1,4,6H,5H2,2H3/b7-4-,8-6-. The van der Waals surface area contributed by atoms with Crippen molar-refractivity contribution in [3.63, 3.8) is 0 Å². The molecule has 2 nitrogen and oxygen atoms in total. The van der Waals surface area contributed by atoms with Gasteiger partial charge in [0.15, 0.2) is 0 Å². The molecule has 0 aromatic rings. The van der Waals surface area contributed by atoms with Crippen molar-refractivity contribution in [3.05, 3.63) is 0 Å². The zero-order valence-corrected chi connectivity index (χ0v) is 4.83. The molecule has 0 N–H and O–H groups in total. The highest BCUT2D eigenvalue weighted by atomic mass is 14.8. The van der Waals surface area contributed by atoms with Crippen LogP contribution in [0, 0.1) is 12.3 Å². The second-order valence-electron chi connectivity index (χ2n) is 1.07. The van der Waals surface area contributed by atoms with Crippen LogP contribution in [0.2, 0.25) is 0 Å². The molecule has 0 aromatic heterocycles. The summed E-state index contributed by atoms with van der Waals surface area (Å²) in [4.78, 5) is 7.42. The topological polar surface area (TPSA) is 24.7 Å². The van der Waals surface area contributed by atoms with Gasteiger partial charge in [0.2, 0.25) is 0 Å². The van der Waals surface area contributed by atoms with E-state index in [1.807, 2.05) is 6.92 Å². The Kier molecular flexibility index (Phi) is 5.09. The minimum Gasteiger partial charge on any atom is -0.261 e. The van der Waals surface area contributed by atoms with Gasteiger partial charge >= 0.3 is 0 Å². The Morgan fingerprint density at radius 2 is 2.50 bits per heavy atom. The molecule has 0 amide bonds. The maximum absolute atomic E-state index is 4.90. The fourth-order valence-electron chi connectivity index (χ4n) is 0.207. The third-order valence-corrected chi connectivity index (χ3v) is 0.480. The molecule has 42 valence electrons. The van der Waals surface area contributed by atoms with Gasteiger partial charge in [-0.1, -0.05) is 5.92 Å². The molecule has 0 spiro atoms. The van der Waals surface area contributed by atoms with Crippen molar-refractivity contribution >= 4 is 12.6 Å². The second kappa shape index (κ2) is 5.90. The van der Waals surface area contributed by atoms with E-state index in [0.29, 0.717) is 6.54 Å². The first kappa shape index (κ1) is 6.90. The van der Waals surface area contributed by atoms with Crippen molar-refractivity contribution < 1.29 is 0 Å². The molecule has 0 aliphatic carbocycles. The summed E-state index contributed by atoms with van der Waals surface area (Å²) in [6.45, 7) is 2.24. The van der Waals surface area contributed by atoms with E-state index in [-0.39, 0.29) is 0 Å². The van der Waals surface area contributed by atoms with Crippen LogP contribution < -0.4 is 0 Å². The van der Waals surface area contributed by atoms with E-state index in [1.54, 1.807) is 6.21 Å². The fourth-order valence-corrected chi connectivity index (χ4v) is 0.207. The second-order valence-corrected chi connectivity index (χ2v) is 1.07. The highest BCUT2D eigenvalue weighted by Gasteiger charge is 1.61. The van der Waals surface area contributed by atoms with E-state index in [2.05, 4.69) is 15.9 Å². The summed E-state index contributed by atoms with van der Waals surface area (Å²) in [5.74, 6) is 2.35. The van der Waals surface area contributed by atoms with E-state index >= 15 is 0 Å². The van der Waals surface area contributed by atoms with E-state index in [4.69, 9.17) is 6.42 Å². The number of nitrogens with zero attached hydrogens (tertiary/aromatic N) is 2. The summed E-state index contributed by atoms with van der Waals surface area (Å²) in [6.07, 6.45) is 7.99. The van der Waals surface area contributed by atoms with Crippen molar-refractivity contribution in [2.75, 3.05) is 6.54 Å². The molecule has 0 unspecified atom stereocenters. The maximum atomic E-state index is 4.90. The molecule has 0 rings (SSSR count). The lowest BCUT2D eigenvalue weighted by Gasteiger charge is -1.72. The minimum atomic E-state index is 0.414. The average molecular weight is 108 g/mol. The van der Waals surface area contributed by atoms with Gasteiger partial charge in [-0.05, 0) is 6.92 Å². The molecule has 0 aliphatic rings. The summed E-state index contributed by atoms with van der Waals surface area (Å²) in [7, 11) is 0. The quantitative estimate of drug-likeness (QED) is 0.283. The lowest BCUT2D eigenvalue weighted by Crippen LogP contribution is -1.71. The first-order valence-corrected chi connectivity index (χ1v) is 2.31. The van der Waals surface area contributed by atoms with Gasteiger partial charge in [0.1, 0.15) is 12.9 Å². The van der Waals surface area contributed by atoms with E-state index < -0.39 is 0 Å². The monoisotopic (exact) mass is 108 g/mol. The number of hydrogen-bond acceptors (Lipinski definition) is 1. The predicted octanol–water partition coefficient (Wildman–Crippen LogP) is 0.739. The summed E-state index contributed by atoms with van der Waals surface area (Å²) in [6, 6.07) is 0. The Hall–Kier alpha value is -1.10. The molecule has 0 heterocycles. The van der Waals surface area contributed by atoms with Gasteiger partial charge in [-0.25, -0.2) is 4.99 Å². The highest BCUT2D eigenvalue weighted by molar-refractivity contribution is 5.70. The van der Waals surface area contributed by atoms with Crippen molar-refractivity contribution in [2.45, 2.75) is 6.92 Å². The molecule has 0 saturated heterocycles. The molecule has 2 heteroatoms. The minimum absolute atomic E-state index is 0.414. The Morgan fingerprint density at radius 1 is 1.75 bits per heavy atom. The molecular weight excluding hydrogens is 100 g/mol. The van der Waals surface area contributed by atoms with Crippen LogP contribution in [0.1, 0.15) is 6.92 Å². The van der Waals surface area contributed by atoms with Gasteiger partial charge in [-0.3, -0.25) is 4.99 Å². The molecule has 0 saturated carbocycles. The zero-order chi connectivity index (χ0) is 6.24. The van der Waals surface area contributed by atoms with Crippen LogP contribution in [-0.2, 0) is 0 Å². The molecule has 0 radical (unpaired) electrons. The van der Waals surface area contributed by atoms with Gasteiger partial charge in [0, 0.05) is 6.21 Å². The number of rotatable bonds is 2. The first-order valence-electron chi connectivity index (χ1n) is 2.31. The van der Waals surface area contributed by atoms with Gasteiger partial charge in [-0.2, -0.15) is 0 Å². The van der Waals surface area contributed by atoms with Gasteiger partial charge < -0.3 is 0 Å².